The summed E-state index contributed by atoms with van der Waals surface area (Å²) in [6, 6.07) is 11.8. The highest BCUT2D eigenvalue weighted by molar-refractivity contribution is 6.32. The molecule has 28 heavy (non-hydrogen) atoms. The first kappa shape index (κ1) is 18.6. The van der Waals surface area contributed by atoms with E-state index in [2.05, 4.69) is 11.4 Å². The second kappa shape index (κ2) is 7.32. The van der Waals surface area contributed by atoms with Crippen LogP contribution in [-0.2, 0) is 13.1 Å². The second-order valence-electron chi connectivity index (χ2n) is 6.97. The Balaban J connectivity index is 1.77. The number of nitrogens with zero attached hydrogens (tertiary/aromatic N) is 2. The minimum Gasteiger partial charge on any atom is -0.495 e. The normalized spacial score (nSPS) is 13.1. The molecule has 1 aromatic heterocycles. The molecule has 1 N–H and O–H groups in total. The number of hydrogen-bond donors (Lipinski definition) is 1. The summed E-state index contributed by atoms with van der Waals surface area (Å²) < 4.78 is 5.22. The molecular weight excluding hydrogens is 374 g/mol. The molecule has 0 unspecified atom stereocenters. The average Bonchev–Trinajstić information content (AvgIpc) is 3.01. The van der Waals surface area contributed by atoms with Gasteiger partial charge in [-0.15, -0.1) is 0 Å². The van der Waals surface area contributed by atoms with Crippen LogP contribution < -0.4 is 10.1 Å². The van der Waals surface area contributed by atoms with Crippen molar-refractivity contribution in [1.29, 1.82) is 0 Å². The number of anilines is 1. The van der Waals surface area contributed by atoms with E-state index in [4.69, 9.17) is 21.3 Å². The summed E-state index contributed by atoms with van der Waals surface area (Å²) in [4.78, 5) is 19.5. The van der Waals surface area contributed by atoms with Gasteiger partial charge >= 0.3 is 0 Å². The number of fused-ring (bicyclic) bond motifs is 2. The van der Waals surface area contributed by atoms with Gasteiger partial charge in [0.2, 0.25) is 0 Å². The van der Waals surface area contributed by atoms with Crippen molar-refractivity contribution in [2.24, 2.45) is 0 Å². The number of halogens is 1. The van der Waals surface area contributed by atoms with Gasteiger partial charge in [-0.05, 0) is 43.7 Å². The van der Waals surface area contributed by atoms with Gasteiger partial charge in [0.25, 0.3) is 5.91 Å². The molecule has 1 amide bonds. The van der Waals surface area contributed by atoms with Crippen LogP contribution in [0.2, 0.25) is 5.02 Å². The van der Waals surface area contributed by atoms with Gasteiger partial charge in [0.1, 0.15) is 5.75 Å². The van der Waals surface area contributed by atoms with Crippen LogP contribution in [0, 0.1) is 6.92 Å². The third kappa shape index (κ3) is 3.16. The molecule has 3 aromatic rings. The molecule has 0 saturated heterocycles. The first-order valence-corrected chi connectivity index (χ1v) is 9.68. The second-order valence-corrected chi connectivity index (χ2v) is 7.38. The maximum Gasteiger partial charge on any atom is 0.258 e. The van der Waals surface area contributed by atoms with E-state index in [1.54, 1.807) is 7.11 Å². The van der Waals surface area contributed by atoms with Gasteiger partial charge in [0.05, 0.1) is 41.1 Å². The van der Waals surface area contributed by atoms with E-state index in [0.29, 0.717) is 36.0 Å². The van der Waals surface area contributed by atoms with Crippen molar-refractivity contribution < 1.29 is 9.53 Å². The summed E-state index contributed by atoms with van der Waals surface area (Å²) in [5.74, 6) is 0.675. The largest absolute Gasteiger partial charge is 0.495 e. The lowest BCUT2D eigenvalue weighted by molar-refractivity contribution is 0.0787. The maximum absolute atomic E-state index is 12.9. The average molecular weight is 396 g/mol. The van der Waals surface area contributed by atoms with Crippen LogP contribution in [0.3, 0.4) is 0 Å². The maximum atomic E-state index is 12.9. The molecule has 1 aliphatic heterocycles. The molecule has 5 nitrogen and oxygen atoms in total. The summed E-state index contributed by atoms with van der Waals surface area (Å²) in [6.45, 7) is 5.79. The van der Waals surface area contributed by atoms with E-state index in [1.807, 2.05) is 49.1 Å². The summed E-state index contributed by atoms with van der Waals surface area (Å²) in [5.41, 5.74) is 5.39. The fourth-order valence-corrected chi connectivity index (χ4v) is 3.91. The molecule has 0 saturated carbocycles. The number of aryl methyl sites for hydroxylation is 1. The molecule has 4 rings (SSSR count). The Morgan fingerprint density at radius 1 is 1.25 bits per heavy atom. The topological polar surface area (TPSA) is 54.5 Å². The zero-order chi connectivity index (χ0) is 19.8. The molecule has 0 spiro atoms. The zero-order valence-electron chi connectivity index (χ0n) is 16.2. The van der Waals surface area contributed by atoms with Crippen molar-refractivity contribution in [2.75, 3.05) is 19.0 Å². The number of pyridine rings is 1. The molecule has 0 radical (unpaired) electrons. The summed E-state index contributed by atoms with van der Waals surface area (Å²) in [6.07, 6.45) is 0. The number of ether oxygens (including phenoxy) is 1. The third-order valence-electron chi connectivity index (χ3n) is 5.12. The van der Waals surface area contributed by atoms with Gasteiger partial charge in [-0.2, -0.15) is 0 Å². The first-order chi connectivity index (χ1) is 13.5. The fraction of sp³-hybridized carbons (Fsp3) is 0.273. The predicted molar refractivity (Wildman–Crippen MR) is 112 cm³/mol. The molecule has 144 valence electrons. The SMILES string of the molecule is CCN1Cc2nc3ccc(C)cc3c(NCc3ccc(OC)c(Cl)c3)c2C1=O. The number of aromatic nitrogens is 1. The van der Waals surface area contributed by atoms with Crippen LogP contribution in [-0.4, -0.2) is 29.4 Å². The van der Waals surface area contributed by atoms with Crippen molar-refractivity contribution in [1.82, 2.24) is 9.88 Å². The quantitative estimate of drug-likeness (QED) is 0.674. The van der Waals surface area contributed by atoms with Crippen molar-refractivity contribution in [3.63, 3.8) is 0 Å². The van der Waals surface area contributed by atoms with Crippen LogP contribution in [0.1, 0.15) is 34.1 Å². The van der Waals surface area contributed by atoms with Crippen LogP contribution in [0.4, 0.5) is 5.69 Å². The predicted octanol–water partition coefficient (Wildman–Crippen LogP) is 4.79. The Kier molecular flexibility index (Phi) is 4.85. The van der Waals surface area contributed by atoms with Crippen LogP contribution >= 0.6 is 11.6 Å². The third-order valence-corrected chi connectivity index (χ3v) is 5.42. The van der Waals surface area contributed by atoms with Crippen molar-refractivity contribution in [2.45, 2.75) is 26.9 Å². The minimum atomic E-state index is 0.0312. The first-order valence-electron chi connectivity index (χ1n) is 9.30. The Morgan fingerprint density at radius 2 is 2.07 bits per heavy atom. The molecule has 0 atom stereocenters. The number of benzene rings is 2. The Hall–Kier alpha value is -2.79. The standard InChI is InChI=1S/C22H22ClN3O2/c1-4-26-12-18-20(22(26)27)21(15-9-13(2)5-7-17(15)25-18)24-11-14-6-8-19(28-3)16(23)10-14/h5-10H,4,11-12H2,1-3H3,(H,24,25). The lowest BCUT2D eigenvalue weighted by Crippen LogP contribution is -2.23. The molecule has 0 aliphatic carbocycles. The summed E-state index contributed by atoms with van der Waals surface area (Å²) in [5, 5.41) is 5.01. The lowest BCUT2D eigenvalue weighted by atomic mass is 10.0. The number of amides is 1. The molecule has 6 heteroatoms. The van der Waals surface area contributed by atoms with Crippen molar-refractivity contribution in [3.05, 3.63) is 63.8 Å². The zero-order valence-corrected chi connectivity index (χ0v) is 16.9. The van der Waals surface area contributed by atoms with Gasteiger partial charge in [0, 0.05) is 18.5 Å². The summed E-state index contributed by atoms with van der Waals surface area (Å²) in [7, 11) is 1.60. The molecule has 2 aromatic carbocycles. The van der Waals surface area contributed by atoms with Gasteiger partial charge in [-0.25, -0.2) is 4.98 Å². The van der Waals surface area contributed by atoms with E-state index in [-0.39, 0.29) is 5.91 Å². The van der Waals surface area contributed by atoms with Crippen molar-refractivity contribution >= 4 is 34.1 Å². The van der Waals surface area contributed by atoms with Gasteiger partial charge in [-0.3, -0.25) is 4.79 Å². The van der Waals surface area contributed by atoms with Crippen LogP contribution in [0.15, 0.2) is 36.4 Å². The van der Waals surface area contributed by atoms with Gasteiger partial charge < -0.3 is 15.0 Å². The molecule has 0 bridgehead atoms. The molecule has 0 fully saturated rings. The van der Waals surface area contributed by atoms with Crippen molar-refractivity contribution in [3.8, 4) is 5.75 Å². The van der Waals surface area contributed by atoms with Gasteiger partial charge in [0.15, 0.2) is 0 Å². The number of methoxy groups -OCH3 is 1. The molecule has 1 aliphatic rings. The van der Waals surface area contributed by atoms with Crippen LogP contribution in [0.25, 0.3) is 10.9 Å². The highest BCUT2D eigenvalue weighted by Gasteiger charge is 2.31. The highest BCUT2D eigenvalue weighted by Crippen LogP contribution is 2.35. The number of carbonyl (C=O) groups excluding carboxylic acids is 1. The smallest absolute Gasteiger partial charge is 0.258 e. The molecule has 2 heterocycles. The lowest BCUT2D eigenvalue weighted by Gasteiger charge is -2.15. The minimum absolute atomic E-state index is 0.0312. The Morgan fingerprint density at radius 3 is 2.79 bits per heavy atom. The number of rotatable bonds is 5. The summed E-state index contributed by atoms with van der Waals surface area (Å²) >= 11 is 6.26. The van der Waals surface area contributed by atoms with E-state index in [9.17, 15) is 4.79 Å². The van der Waals surface area contributed by atoms with E-state index < -0.39 is 0 Å². The Labute approximate surface area is 169 Å². The number of nitrogens with one attached hydrogen (secondary N) is 1. The number of hydrogen-bond acceptors (Lipinski definition) is 4. The van der Waals surface area contributed by atoms with E-state index in [1.165, 1.54) is 0 Å². The monoisotopic (exact) mass is 395 g/mol. The number of carbonyl (C=O) groups is 1. The highest BCUT2D eigenvalue weighted by atomic mass is 35.5. The fourth-order valence-electron chi connectivity index (χ4n) is 3.63. The molecular formula is C22H22ClN3O2. The van der Waals surface area contributed by atoms with Gasteiger partial charge in [-0.1, -0.05) is 29.3 Å². The van der Waals surface area contributed by atoms with Crippen LogP contribution in [0.5, 0.6) is 5.75 Å². The van der Waals surface area contributed by atoms with E-state index in [0.717, 1.165) is 33.4 Å². The van der Waals surface area contributed by atoms with E-state index >= 15 is 0 Å². The Bertz CT molecular complexity index is 1080.